The highest BCUT2D eigenvalue weighted by Gasteiger charge is 2.16. The van der Waals surface area contributed by atoms with E-state index in [0.29, 0.717) is 6.04 Å². The fourth-order valence-corrected chi connectivity index (χ4v) is 3.08. The Morgan fingerprint density at radius 3 is 2.73 bits per heavy atom. The van der Waals surface area contributed by atoms with Crippen molar-refractivity contribution in [3.63, 3.8) is 0 Å². The molecule has 4 heteroatoms. The van der Waals surface area contributed by atoms with Crippen LogP contribution in [0.15, 0.2) is 15.2 Å². The van der Waals surface area contributed by atoms with E-state index in [1.807, 2.05) is 11.4 Å². The molecule has 1 aliphatic carbocycles. The smallest absolute Gasteiger partial charge is 0.252 e. The van der Waals surface area contributed by atoms with Gasteiger partial charge in [0.15, 0.2) is 0 Å². The number of halogens is 1. The van der Waals surface area contributed by atoms with Gasteiger partial charge < -0.3 is 5.32 Å². The highest BCUT2D eigenvalue weighted by Crippen LogP contribution is 2.22. The lowest BCUT2D eigenvalue weighted by molar-refractivity contribution is 0.0928. The molecule has 1 amide bonds. The van der Waals surface area contributed by atoms with E-state index >= 15 is 0 Å². The molecule has 0 bridgehead atoms. The monoisotopic (exact) mass is 287 g/mol. The van der Waals surface area contributed by atoms with Crippen molar-refractivity contribution in [2.24, 2.45) is 0 Å². The molecule has 0 unspecified atom stereocenters. The summed E-state index contributed by atoms with van der Waals surface area (Å²) in [6, 6.07) is 2.27. The van der Waals surface area contributed by atoms with Gasteiger partial charge in [0.1, 0.15) is 0 Å². The van der Waals surface area contributed by atoms with E-state index in [2.05, 4.69) is 21.2 Å². The molecule has 82 valence electrons. The van der Waals surface area contributed by atoms with E-state index in [1.165, 1.54) is 19.3 Å². The van der Waals surface area contributed by atoms with Gasteiger partial charge in [-0.1, -0.05) is 19.3 Å². The van der Waals surface area contributed by atoms with Crippen molar-refractivity contribution in [1.82, 2.24) is 5.32 Å². The van der Waals surface area contributed by atoms with Crippen LogP contribution in [-0.4, -0.2) is 11.9 Å². The van der Waals surface area contributed by atoms with Crippen molar-refractivity contribution in [3.05, 3.63) is 20.8 Å². The number of amides is 1. The maximum absolute atomic E-state index is 11.8. The van der Waals surface area contributed by atoms with E-state index in [1.54, 1.807) is 11.3 Å². The van der Waals surface area contributed by atoms with Crippen LogP contribution in [0.3, 0.4) is 0 Å². The second kappa shape index (κ2) is 5.12. The van der Waals surface area contributed by atoms with Crippen molar-refractivity contribution in [1.29, 1.82) is 0 Å². The van der Waals surface area contributed by atoms with Crippen LogP contribution in [0.25, 0.3) is 0 Å². The summed E-state index contributed by atoms with van der Waals surface area (Å²) in [5, 5.41) is 4.99. The van der Waals surface area contributed by atoms with Crippen molar-refractivity contribution in [3.8, 4) is 0 Å². The van der Waals surface area contributed by atoms with Gasteiger partial charge in [-0.2, -0.15) is 0 Å². The van der Waals surface area contributed by atoms with Gasteiger partial charge in [0.05, 0.1) is 9.35 Å². The predicted molar refractivity (Wildman–Crippen MR) is 66.4 cm³/mol. The highest BCUT2D eigenvalue weighted by atomic mass is 79.9. The van der Waals surface area contributed by atoms with Gasteiger partial charge in [-0.05, 0) is 34.8 Å². The lowest BCUT2D eigenvalue weighted by Gasteiger charge is -2.22. The lowest BCUT2D eigenvalue weighted by atomic mass is 9.95. The van der Waals surface area contributed by atoms with Gasteiger partial charge in [-0.3, -0.25) is 4.79 Å². The predicted octanol–water partition coefficient (Wildman–Crippen LogP) is 3.57. The normalized spacial score (nSPS) is 17.7. The summed E-state index contributed by atoms with van der Waals surface area (Å²) < 4.78 is 1.01. The van der Waals surface area contributed by atoms with E-state index in [-0.39, 0.29) is 5.91 Å². The number of thiophene rings is 1. The first-order chi connectivity index (χ1) is 7.25. The van der Waals surface area contributed by atoms with Crippen LogP contribution < -0.4 is 5.32 Å². The van der Waals surface area contributed by atoms with Crippen molar-refractivity contribution in [2.45, 2.75) is 38.1 Å². The van der Waals surface area contributed by atoms with Crippen molar-refractivity contribution in [2.75, 3.05) is 0 Å². The zero-order valence-corrected chi connectivity index (χ0v) is 10.9. The second-order valence-corrected chi connectivity index (χ2v) is 6.24. The topological polar surface area (TPSA) is 29.1 Å². The number of hydrogen-bond donors (Lipinski definition) is 1. The molecule has 0 aliphatic heterocycles. The van der Waals surface area contributed by atoms with Crippen LogP contribution in [0.5, 0.6) is 0 Å². The molecule has 1 aromatic rings. The lowest BCUT2D eigenvalue weighted by Crippen LogP contribution is -2.35. The number of rotatable bonds is 2. The molecule has 0 radical (unpaired) electrons. The molecule has 1 heterocycles. The molecule has 0 spiro atoms. The minimum Gasteiger partial charge on any atom is -0.349 e. The molecule has 1 N–H and O–H groups in total. The quantitative estimate of drug-likeness (QED) is 0.885. The van der Waals surface area contributed by atoms with Gasteiger partial charge in [0.2, 0.25) is 0 Å². The van der Waals surface area contributed by atoms with E-state index in [0.717, 1.165) is 22.2 Å². The van der Waals surface area contributed by atoms with Gasteiger partial charge in [-0.25, -0.2) is 0 Å². The molecule has 0 atom stereocenters. The molecule has 0 saturated heterocycles. The first-order valence-corrected chi connectivity index (χ1v) is 6.98. The minimum absolute atomic E-state index is 0.0730. The number of hydrogen-bond acceptors (Lipinski definition) is 2. The third kappa shape index (κ3) is 3.05. The summed E-state index contributed by atoms with van der Waals surface area (Å²) in [6.07, 6.45) is 6.08. The molecule has 0 aromatic carbocycles. The SMILES string of the molecule is O=C(NC1CCCCC1)c1csc(Br)c1. The van der Waals surface area contributed by atoms with Crippen LogP contribution in [0.1, 0.15) is 42.5 Å². The van der Waals surface area contributed by atoms with Gasteiger partial charge in [0, 0.05) is 11.4 Å². The molecule has 2 rings (SSSR count). The van der Waals surface area contributed by atoms with Crippen LogP contribution in [0, 0.1) is 0 Å². The Kier molecular flexibility index (Phi) is 3.81. The molecule has 15 heavy (non-hydrogen) atoms. The largest absolute Gasteiger partial charge is 0.349 e. The summed E-state index contributed by atoms with van der Waals surface area (Å²) in [7, 11) is 0. The maximum atomic E-state index is 11.8. The Hall–Kier alpha value is -0.350. The number of carbonyl (C=O) groups is 1. The summed E-state index contributed by atoms with van der Waals surface area (Å²) in [6.45, 7) is 0. The first kappa shape index (κ1) is 11.1. The van der Waals surface area contributed by atoms with Crippen LogP contribution in [0.2, 0.25) is 0 Å². The molecule has 1 fully saturated rings. The highest BCUT2D eigenvalue weighted by molar-refractivity contribution is 9.11. The average molecular weight is 288 g/mol. The number of carbonyl (C=O) groups excluding carboxylic acids is 1. The third-order valence-electron chi connectivity index (χ3n) is 2.77. The van der Waals surface area contributed by atoms with E-state index in [9.17, 15) is 4.79 Å². The summed E-state index contributed by atoms with van der Waals surface area (Å²) in [5.74, 6) is 0.0730. The summed E-state index contributed by atoms with van der Waals surface area (Å²) >= 11 is 4.91. The molecule has 1 aliphatic rings. The Bertz CT molecular complexity index is 344. The van der Waals surface area contributed by atoms with Crippen LogP contribution in [0.4, 0.5) is 0 Å². The fraction of sp³-hybridized carbons (Fsp3) is 0.545. The van der Waals surface area contributed by atoms with Gasteiger partial charge >= 0.3 is 0 Å². The second-order valence-electron chi connectivity index (χ2n) is 3.95. The third-order valence-corrected chi connectivity index (χ3v) is 4.27. The summed E-state index contributed by atoms with van der Waals surface area (Å²) in [4.78, 5) is 11.8. The summed E-state index contributed by atoms with van der Waals surface area (Å²) in [5.41, 5.74) is 0.775. The van der Waals surface area contributed by atoms with Gasteiger partial charge in [0.25, 0.3) is 5.91 Å². The van der Waals surface area contributed by atoms with Crippen molar-refractivity contribution >= 4 is 33.2 Å². The zero-order valence-electron chi connectivity index (χ0n) is 8.46. The molecular formula is C11H14BrNOS. The molecular weight excluding hydrogens is 274 g/mol. The molecule has 2 nitrogen and oxygen atoms in total. The zero-order chi connectivity index (χ0) is 10.7. The fourth-order valence-electron chi connectivity index (χ4n) is 1.94. The molecule has 1 saturated carbocycles. The standard InChI is InChI=1S/C11H14BrNOS/c12-10-6-8(7-15-10)11(14)13-9-4-2-1-3-5-9/h6-7,9H,1-5H2,(H,13,14). The minimum atomic E-state index is 0.0730. The van der Waals surface area contributed by atoms with Crippen molar-refractivity contribution < 1.29 is 4.79 Å². The first-order valence-electron chi connectivity index (χ1n) is 5.30. The molecule has 1 aromatic heterocycles. The Balaban J connectivity index is 1.91. The Labute approximate surface area is 102 Å². The van der Waals surface area contributed by atoms with Gasteiger partial charge in [-0.15, -0.1) is 11.3 Å². The maximum Gasteiger partial charge on any atom is 0.252 e. The average Bonchev–Trinajstić information content (AvgIpc) is 2.66. The van der Waals surface area contributed by atoms with E-state index < -0.39 is 0 Å². The number of nitrogens with one attached hydrogen (secondary N) is 1. The Morgan fingerprint density at radius 2 is 2.13 bits per heavy atom. The van der Waals surface area contributed by atoms with Crippen LogP contribution in [-0.2, 0) is 0 Å². The Morgan fingerprint density at radius 1 is 1.40 bits per heavy atom. The van der Waals surface area contributed by atoms with Crippen LogP contribution >= 0.6 is 27.3 Å². The van der Waals surface area contributed by atoms with E-state index in [4.69, 9.17) is 0 Å².